The van der Waals surface area contributed by atoms with Crippen LogP contribution in [0.3, 0.4) is 0 Å². The van der Waals surface area contributed by atoms with Crippen molar-refractivity contribution in [1.82, 2.24) is 4.57 Å². The first-order valence-corrected chi connectivity index (χ1v) is 6.80. The minimum absolute atomic E-state index is 0.0263. The van der Waals surface area contributed by atoms with Gasteiger partial charge in [0, 0.05) is 24.6 Å². The molecular formula is C12H12N2O3S. The highest BCUT2D eigenvalue weighted by Gasteiger charge is 2.13. The second-order valence-electron chi connectivity index (χ2n) is 3.80. The van der Waals surface area contributed by atoms with E-state index in [2.05, 4.69) is 0 Å². The van der Waals surface area contributed by atoms with Crippen molar-refractivity contribution in [2.45, 2.75) is 6.54 Å². The fourth-order valence-electron chi connectivity index (χ4n) is 1.83. The van der Waals surface area contributed by atoms with Gasteiger partial charge in [-0.3, -0.25) is 14.9 Å². The Morgan fingerprint density at radius 3 is 2.78 bits per heavy atom. The van der Waals surface area contributed by atoms with Gasteiger partial charge in [0.05, 0.1) is 15.7 Å². The summed E-state index contributed by atoms with van der Waals surface area (Å²) < 4.78 is 1.59. The van der Waals surface area contributed by atoms with Crippen LogP contribution in [-0.2, 0) is 6.54 Å². The smallest absolute Gasteiger partial charge is 0.277 e. The SMILES string of the molecule is CSCCn1ccc2c([N+](=O)[O-])cccc2c1=O. The number of non-ortho nitro benzene ring substituents is 1. The molecule has 0 amide bonds. The number of aryl methyl sites for hydroxylation is 1. The molecule has 18 heavy (non-hydrogen) atoms. The van der Waals surface area contributed by atoms with Gasteiger partial charge in [-0.1, -0.05) is 6.07 Å². The summed E-state index contributed by atoms with van der Waals surface area (Å²) in [5, 5.41) is 11.7. The molecule has 0 atom stereocenters. The molecule has 1 aromatic heterocycles. The lowest BCUT2D eigenvalue weighted by atomic mass is 10.1. The van der Waals surface area contributed by atoms with E-state index in [0.717, 1.165) is 5.75 Å². The molecule has 6 heteroatoms. The highest BCUT2D eigenvalue weighted by molar-refractivity contribution is 7.98. The largest absolute Gasteiger partial charge is 0.314 e. The van der Waals surface area contributed by atoms with Crippen LogP contribution in [0, 0.1) is 10.1 Å². The number of fused-ring (bicyclic) bond motifs is 1. The van der Waals surface area contributed by atoms with E-state index < -0.39 is 4.92 Å². The average Bonchev–Trinajstić information content (AvgIpc) is 2.37. The van der Waals surface area contributed by atoms with Gasteiger partial charge in [-0.05, 0) is 18.4 Å². The molecule has 0 fully saturated rings. The summed E-state index contributed by atoms with van der Waals surface area (Å²) in [4.78, 5) is 22.6. The van der Waals surface area contributed by atoms with Gasteiger partial charge < -0.3 is 4.57 Å². The van der Waals surface area contributed by atoms with E-state index in [4.69, 9.17) is 0 Å². The Bertz CT molecular complexity index is 651. The monoisotopic (exact) mass is 264 g/mol. The van der Waals surface area contributed by atoms with E-state index in [1.807, 2.05) is 6.26 Å². The molecule has 2 rings (SSSR count). The molecule has 0 N–H and O–H groups in total. The fraction of sp³-hybridized carbons (Fsp3) is 0.250. The lowest BCUT2D eigenvalue weighted by Crippen LogP contribution is -2.20. The first-order chi connectivity index (χ1) is 8.65. The summed E-state index contributed by atoms with van der Waals surface area (Å²) in [7, 11) is 0. The number of benzene rings is 1. The van der Waals surface area contributed by atoms with Crippen LogP contribution in [0.1, 0.15) is 0 Å². The van der Waals surface area contributed by atoms with Gasteiger partial charge in [-0.15, -0.1) is 0 Å². The number of nitrogens with zero attached hydrogens (tertiary/aromatic N) is 2. The maximum atomic E-state index is 12.1. The van der Waals surface area contributed by atoms with Gasteiger partial charge in [0.25, 0.3) is 11.2 Å². The summed E-state index contributed by atoms with van der Waals surface area (Å²) in [6.07, 6.45) is 3.59. The molecular weight excluding hydrogens is 252 g/mol. The van der Waals surface area contributed by atoms with Gasteiger partial charge in [-0.25, -0.2) is 0 Å². The molecule has 0 radical (unpaired) electrons. The molecule has 0 aliphatic heterocycles. The predicted molar refractivity (Wildman–Crippen MR) is 73.2 cm³/mol. The van der Waals surface area contributed by atoms with Crippen LogP contribution in [0.15, 0.2) is 35.3 Å². The van der Waals surface area contributed by atoms with E-state index in [9.17, 15) is 14.9 Å². The molecule has 0 bridgehead atoms. The third-order valence-corrected chi connectivity index (χ3v) is 3.32. The van der Waals surface area contributed by atoms with Crippen LogP contribution in [0.25, 0.3) is 10.8 Å². The van der Waals surface area contributed by atoms with Crippen LogP contribution in [0.2, 0.25) is 0 Å². The average molecular weight is 264 g/mol. The van der Waals surface area contributed by atoms with Gasteiger partial charge in [-0.2, -0.15) is 11.8 Å². The number of nitro groups is 1. The molecule has 1 heterocycles. The van der Waals surface area contributed by atoms with E-state index >= 15 is 0 Å². The molecule has 0 saturated heterocycles. The third kappa shape index (κ3) is 2.24. The Labute approximate surface area is 108 Å². The molecule has 1 aromatic carbocycles. The Kier molecular flexibility index (Phi) is 3.66. The van der Waals surface area contributed by atoms with Crippen molar-refractivity contribution in [2.75, 3.05) is 12.0 Å². The topological polar surface area (TPSA) is 65.1 Å². The van der Waals surface area contributed by atoms with Crippen LogP contribution in [0.4, 0.5) is 5.69 Å². The van der Waals surface area contributed by atoms with E-state index in [1.165, 1.54) is 6.07 Å². The highest BCUT2D eigenvalue weighted by atomic mass is 32.2. The van der Waals surface area contributed by atoms with Crippen molar-refractivity contribution < 1.29 is 4.92 Å². The van der Waals surface area contributed by atoms with Gasteiger partial charge in [0.1, 0.15) is 0 Å². The van der Waals surface area contributed by atoms with Gasteiger partial charge in [0.15, 0.2) is 0 Å². The van der Waals surface area contributed by atoms with Crippen LogP contribution >= 0.6 is 11.8 Å². The number of rotatable bonds is 4. The second kappa shape index (κ2) is 5.22. The second-order valence-corrected chi connectivity index (χ2v) is 4.79. The van der Waals surface area contributed by atoms with Crippen LogP contribution in [0.5, 0.6) is 0 Å². The lowest BCUT2D eigenvalue weighted by molar-refractivity contribution is -0.383. The molecule has 2 aromatic rings. The van der Waals surface area contributed by atoms with Crippen LogP contribution in [-0.4, -0.2) is 21.5 Å². The Morgan fingerprint density at radius 1 is 1.33 bits per heavy atom. The molecule has 0 spiro atoms. The molecule has 0 unspecified atom stereocenters. The van der Waals surface area contributed by atoms with Crippen molar-refractivity contribution in [3.05, 3.63) is 50.9 Å². The van der Waals surface area contributed by atoms with Crippen molar-refractivity contribution in [1.29, 1.82) is 0 Å². The van der Waals surface area contributed by atoms with Crippen molar-refractivity contribution in [3.63, 3.8) is 0 Å². The minimum Gasteiger partial charge on any atom is -0.314 e. The zero-order valence-corrected chi connectivity index (χ0v) is 10.6. The highest BCUT2D eigenvalue weighted by Crippen LogP contribution is 2.22. The van der Waals surface area contributed by atoms with Gasteiger partial charge in [0.2, 0.25) is 0 Å². The number of hydrogen-bond acceptors (Lipinski definition) is 4. The van der Waals surface area contributed by atoms with Crippen molar-refractivity contribution in [2.24, 2.45) is 0 Å². The summed E-state index contributed by atoms with van der Waals surface area (Å²) >= 11 is 1.65. The number of hydrogen-bond donors (Lipinski definition) is 0. The Morgan fingerprint density at radius 2 is 2.11 bits per heavy atom. The van der Waals surface area contributed by atoms with E-state index in [0.29, 0.717) is 17.3 Å². The minimum atomic E-state index is -0.464. The Hall–Kier alpha value is -1.82. The van der Waals surface area contributed by atoms with Crippen LogP contribution < -0.4 is 5.56 Å². The summed E-state index contributed by atoms with van der Waals surface area (Å²) in [6, 6.07) is 6.21. The van der Waals surface area contributed by atoms with E-state index in [-0.39, 0.29) is 11.2 Å². The summed E-state index contributed by atoms with van der Waals surface area (Å²) in [6.45, 7) is 0.610. The Balaban J connectivity index is 2.62. The standard InChI is InChI=1S/C12H12N2O3S/c1-18-8-7-13-6-5-9-10(12(13)15)3-2-4-11(9)14(16)17/h2-6H,7-8H2,1H3. The number of thioether (sulfide) groups is 1. The molecule has 94 valence electrons. The zero-order chi connectivity index (χ0) is 13.1. The fourth-order valence-corrected chi connectivity index (χ4v) is 2.21. The number of aromatic nitrogens is 1. The zero-order valence-electron chi connectivity index (χ0n) is 9.83. The number of nitro benzene ring substituents is 1. The number of pyridine rings is 1. The quantitative estimate of drug-likeness (QED) is 0.627. The lowest BCUT2D eigenvalue weighted by Gasteiger charge is -2.06. The van der Waals surface area contributed by atoms with Crippen molar-refractivity contribution in [3.8, 4) is 0 Å². The molecule has 5 nitrogen and oxygen atoms in total. The van der Waals surface area contributed by atoms with Gasteiger partial charge >= 0.3 is 0 Å². The maximum absolute atomic E-state index is 12.1. The maximum Gasteiger partial charge on any atom is 0.277 e. The summed E-state index contributed by atoms with van der Waals surface area (Å²) in [5.74, 6) is 0.834. The molecule has 0 saturated carbocycles. The predicted octanol–water partition coefficient (Wildman–Crippen LogP) is 2.27. The first kappa shape index (κ1) is 12.6. The van der Waals surface area contributed by atoms with Crippen molar-refractivity contribution >= 4 is 28.2 Å². The molecule has 0 aliphatic carbocycles. The summed E-state index contributed by atoms with van der Waals surface area (Å²) in [5.41, 5.74) is -0.202. The molecule has 0 aliphatic rings. The van der Waals surface area contributed by atoms with E-state index in [1.54, 1.807) is 40.7 Å². The third-order valence-electron chi connectivity index (χ3n) is 2.73. The normalized spacial score (nSPS) is 10.7. The first-order valence-electron chi connectivity index (χ1n) is 5.40.